The van der Waals surface area contributed by atoms with Crippen molar-refractivity contribution in [2.75, 3.05) is 20.4 Å². The van der Waals surface area contributed by atoms with Crippen LogP contribution in [0.1, 0.15) is 18.1 Å². The molecule has 0 spiro atoms. The van der Waals surface area contributed by atoms with E-state index in [-0.39, 0.29) is 12.4 Å². The molecule has 1 aromatic carbocycles. The standard InChI is InChI=1S/C13H12F3NO3/c1-7-8-3-10-11(20-6-19-10)4-9(8)12(18-2,5-17-7)13(14,15)16/h3-4H,5-6H2,1-2H3. The topological polar surface area (TPSA) is 40.0 Å². The zero-order valence-electron chi connectivity index (χ0n) is 10.9. The van der Waals surface area contributed by atoms with Gasteiger partial charge in [-0.05, 0) is 19.1 Å². The van der Waals surface area contributed by atoms with Crippen LogP contribution in [0.15, 0.2) is 17.1 Å². The molecule has 2 aliphatic heterocycles. The SMILES string of the molecule is COC1(C(F)(F)F)CN=C(C)c2cc3c(cc21)OCO3. The average Bonchev–Trinajstić information content (AvgIpc) is 2.83. The van der Waals surface area contributed by atoms with Crippen LogP contribution in [0.5, 0.6) is 11.5 Å². The van der Waals surface area contributed by atoms with Crippen molar-refractivity contribution >= 4 is 5.71 Å². The van der Waals surface area contributed by atoms with Crippen molar-refractivity contribution < 1.29 is 27.4 Å². The van der Waals surface area contributed by atoms with E-state index in [4.69, 9.17) is 14.2 Å². The number of aliphatic imine (C=N–C) groups is 1. The normalized spacial score (nSPS) is 24.4. The van der Waals surface area contributed by atoms with Gasteiger partial charge in [0.2, 0.25) is 12.4 Å². The van der Waals surface area contributed by atoms with E-state index in [2.05, 4.69) is 4.99 Å². The summed E-state index contributed by atoms with van der Waals surface area (Å²) in [6.07, 6.45) is -4.58. The van der Waals surface area contributed by atoms with E-state index in [1.165, 1.54) is 12.1 Å². The number of benzene rings is 1. The van der Waals surface area contributed by atoms with Crippen LogP contribution in [-0.2, 0) is 10.3 Å². The molecule has 0 saturated carbocycles. The van der Waals surface area contributed by atoms with Crippen molar-refractivity contribution in [3.63, 3.8) is 0 Å². The fraction of sp³-hybridized carbons (Fsp3) is 0.462. The van der Waals surface area contributed by atoms with Crippen molar-refractivity contribution in [1.82, 2.24) is 0 Å². The van der Waals surface area contributed by atoms with Crippen molar-refractivity contribution in [2.24, 2.45) is 4.99 Å². The number of nitrogens with zero attached hydrogens (tertiary/aromatic N) is 1. The summed E-state index contributed by atoms with van der Waals surface area (Å²) in [7, 11) is 1.04. The smallest absolute Gasteiger partial charge is 0.423 e. The lowest BCUT2D eigenvalue weighted by Gasteiger charge is -2.37. The molecule has 0 radical (unpaired) electrons. The number of ether oxygens (including phenoxy) is 3. The molecule has 2 heterocycles. The summed E-state index contributed by atoms with van der Waals surface area (Å²) < 4.78 is 55.7. The Hall–Kier alpha value is -1.76. The monoisotopic (exact) mass is 287 g/mol. The van der Waals surface area contributed by atoms with Gasteiger partial charge in [-0.2, -0.15) is 13.2 Å². The fourth-order valence-electron chi connectivity index (χ4n) is 2.51. The Morgan fingerprint density at radius 3 is 2.50 bits per heavy atom. The average molecular weight is 287 g/mol. The first kappa shape index (κ1) is 13.2. The van der Waals surface area contributed by atoms with Crippen LogP contribution in [0.4, 0.5) is 13.2 Å². The third kappa shape index (κ3) is 1.62. The van der Waals surface area contributed by atoms with E-state index in [1.807, 2.05) is 0 Å². The predicted molar refractivity (Wildman–Crippen MR) is 64.4 cm³/mol. The van der Waals surface area contributed by atoms with Crippen molar-refractivity contribution in [1.29, 1.82) is 0 Å². The minimum atomic E-state index is -4.58. The van der Waals surface area contributed by atoms with Gasteiger partial charge in [0.15, 0.2) is 11.5 Å². The van der Waals surface area contributed by atoms with Gasteiger partial charge < -0.3 is 14.2 Å². The van der Waals surface area contributed by atoms with Gasteiger partial charge in [0.1, 0.15) is 0 Å². The van der Waals surface area contributed by atoms with Gasteiger partial charge in [0.05, 0.1) is 6.54 Å². The second-order valence-electron chi connectivity index (χ2n) is 4.68. The summed E-state index contributed by atoms with van der Waals surface area (Å²) in [5.74, 6) is 0.719. The molecule has 1 unspecified atom stereocenters. The molecule has 1 aromatic rings. The third-order valence-electron chi connectivity index (χ3n) is 3.68. The molecule has 108 valence electrons. The number of hydrogen-bond acceptors (Lipinski definition) is 4. The van der Waals surface area contributed by atoms with Crippen LogP contribution in [0.2, 0.25) is 0 Å². The van der Waals surface area contributed by atoms with Crippen LogP contribution >= 0.6 is 0 Å². The molecule has 1 atom stereocenters. The molecule has 0 saturated heterocycles. The number of halogens is 3. The van der Waals surface area contributed by atoms with Gasteiger partial charge in [-0.15, -0.1) is 0 Å². The number of hydrogen-bond donors (Lipinski definition) is 0. The lowest BCUT2D eigenvalue weighted by molar-refractivity contribution is -0.272. The quantitative estimate of drug-likeness (QED) is 0.797. The first-order chi connectivity index (χ1) is 9.39. The summed E-state index contributed by atoms with van der Waals surface area (Å²) in [4.78, 5) is 3.96. The summed E-state index contributed by atoms with van der Waals surface area (Å²) in [6, 6.07) is 2.86. The Bertz CT molecular complexity index is 597. The fourth-order valence-corrected chi connectivity index (χ4v) is 2.51. The van der Waals surface area contributed by atoms with Crippen LogP contribution < -0.4 is 9.47 Å². The Morgan fingerprint density at radius 2 is 1.90 bits per heavy atom. The maximum Gasteiger partial charge on any atom is 0.423 e. The van der Waals surface area contributed by atoms with Crippen LogP contribution in [0, 0.1) is 0 Å². The predicted octanol–water partition coefficient (Wildman–Crippen LogP) is 2.64. The number of fused-ring (bicyclic) bond motifs is 2. The summed E-state index contributed by atoms with van der Waals surface area (Å²) >= 11 is 0. The molecular weight excluding hydrogens is 275 g/mol. The maximum absolute atomic E-state index is 13.5. The Balaban J connectivity index is 2.26. The van der Waals surface area contributed by atoms with E-state index in [1.54, 1.807) is 6.92 Å². The lowest BCUT2D eigenvalue weighted by Crippen LogP contribution is -2.49. The number of alkyl halides is 3. The highest BCUT2D eigenvalue weighted by molar-refractivity contribution is 6.02. The first-order valence-electron chi connectivity index (χ1n) is 5.96. The summed E-state index contributed by atoms with van der Waals surface area (Å²) in [5.41, 5.74) is -1.53. The van der Waals surface area contributed by atoms with Crippen LogP contribution in [-0.4, -0.2) is 32.3 Å². The van der Waals surface area contributed by atoms with Crippen molar-refractivity contribution in [3.8, 4) is 11.5 Å². The second-order valence-corrected chi connectivity index (χ2v) is 4.68. The van der Waals surface area contributed by atoms with Gasteiger partial charge >= 0.3 is 6.18 Å². The molecule has 0 aliphatic carbocycles. The minimum absolute atomic E-state index is 0.000414. The van der Waals surface area contributed by atoms with Gasteiger partial charge in [-0.25, -0.2) is 0 Å². The number of rotatable bonds is 1. The first-order valence-corrected chi connectivity index (χ1v) is 5.96. The van der Waals surface area contributed by atoms with Crippen molar-refractivity contribution in [3.05, 3.63) is 23.3 Å². The van der Waals surface area contributed by atoms with Crippen LogP contribution in [0.25, 0.3) is 0 Å². The molecule has 0 aromatic heterocycles. The summed E-state index contributed by atoms with van der Waals surface area (Å²) in [5, 5.41) is 0. The zero-order valence-corrected chi connectivity index (χ0v) is 10.9. The van der Waals surface area contributed by atoms with E-state index in [9.17, 15) is 13.2 Å². The molecule has 7 heteroatoms. The van der Waals surface area contributed by atoms with E-state index in [0.29, 0.717) is 22.8 Å². The highest BCUT2D eigenvalue weighted by Crippen LogP contribution is 2.48. The van der Waals surface area contributed by atoms with Gasteiger partial charge in [0.25, 0.3) is 0 Å². The Kier molecular flexibility index (Phi) is 2.72. The largest absolute Gasteiger partial charge is 0.454 e. The summed E-state index contributed by atoms with van der Waals surface area (Å²) in [6.45, 7) is 1.17. The Morgan fingerprint density at radius 1 is 1.25 bits per heavy atom. The molecule has 2 aliphatic rings. The van der Waals surface area contributed by atoms with Crippen LogP contribution in [0.3, 0.4) is 0 Å². The Labute approximate surface area is 113 Å². The van der Waals surface area contributed by atoms with E-state index < -0.39 is 18.3 Å². The van der Waals surface area contributed by atoms with Crippen molar-refractivity contribution in [2.45, 2.75) is 18.7 Å². The number of methoxy groups -OCH3 is 1. The molecule has 0 bridgehead atoms. The molecule has 0 amide bonds. The van der Waals surface area contributed by atoms with Gasteiger partial charge in [-0.3, -0.25) is 4.99 Å². The third-order valence-corrected chi connectivity index (χ3v) is 3.68. The second kappa shape index (κ2) is 4.12. The molecule has 4 nitrogen and oxygen atoms in total. The highest BCUT2D eigenvalue weighted by atomic mass is 19.4. The highest BCUT2D eigenvalue weighted by Gasteiger charge is 2.59. The van der Waals surface area contributed by atoms with Gasteiger partial charge in [-0.1, -0.05) is 0 Å². The maximum atomic E-state index is 13.5. The van der Waals surface area contributed by atoms with E-state index >= 15 is 0 Å². The van der Waals surface area contributed by atoms with E-state index in [0.717, 1.165) is 7.11 Å². The lowest BCUT2D eigenvalue weighted by atomic mass is 9.84. The molecule has 20 heavy (non-hydrogen) atoms. The molecule has 3 rings (SSSR count). The van der Waals surface area contributed by atoms with Gasteiger partial charge in [0, 0.05) is 23.9 Å². The zero-order chi connectivity index (χ0) is 14.5. The molecule has 0 fully saturated rings. The minimum Gasteiger partial charge on any atom is -0.454 e. The molecule has 0 N–H and O–H groups in total. The molecular formula is C13H12F3NO3.